The molecule has 4 aromatic rings. The van der Waals surface area contributed by atoms with Crippen molar-refractivity contribution in [3.05, 3.63) is 62.0 Å². The summed E-state index contributed by atoms with van der Waals surface area (Å²) in [5.41, 5.74) is 1.81. The fourth-order valence-electron chi connectivity index (χ4n) is 3.47. The molecule has 0 saturated carbocycles. The van der Waals surface area contributed by atoms with Crippen LogP contribution in [0.15, 0.2) is 36.4 Å². The molecule has 7 nitrogen and oxygen atoms in total. The van der Waals surface area contributed by atoms with Crippen LogP contribution >= 0.6 is 46.7 Å². The lowest BCUT2D eigenvalue weighted by atomic mass is 10.2. The molecule has 0 aliphatic rings. The van der Waals surface area contributed by atoms with Gasteiger partial charge >= 0.3 is 0 Å². The van der Waals surface area contributed by atoms with Crippen molar-refractivity contribution in [3.63, 3.8) is 0 Å². The summed E-state index contributed by atoms with van der Waals surface area (Å²) in [5.74, 6) is -0.157. The Labute approximate surface area is 210 Å². The van der Waals surface area contributed by atoms with Gasteiger partial charge in [0.25, 0.3) is 11.6 Å². The number of fused-ring (bicyclic) bond motifs is 2. The summed E-state index contributed by atoms with van der Waals surface area (Å²) < 4.78 is 1.77. The van der Waals surface area contributed by atoms with E-state index in [0.717, 1.165) is 33.4 Å². The van der Waals surface area contributed by atoms with Crippen LogP contribution < -0.4 is 4.90 Å². The van der Waals surface area contributed by atoms with Crippen LogP contribution in [-0.4, -0.2) is 47.9 Å². The molecule has 0 aliphatic carbocycles. The number of hydrogen-bond donors (Lipinski definition) is 0. The van der Waals surface area contributed by atoms with E-state index < -0.39 is 4.92 Å². The molecule has 2 heterocycles. The monoisotopic (exact) mass is 524 g/mol. The maximum Gasteiger partial charge on any atom is 0.270 e. The summed E-state index contributed by atoms with van der Waals surface area (Å²) in [7, 11) is 3.99. The first-order valence-electron chi connectivity index (χ1n) is 9.94. The summed E-state index contributed by atoms with van der Waals surface area (Å²) >= 11 is 8.99. The predicted molar refractivity (Wildman–Crippen MR) is 140 cm³/mol. The number of carbonyl (C=O) groups excluding carboxylic acids is 1. The normalized spacial score (nSPS) is 11.2. The van der Waals surface area contributed by atoms with Crippen molar-refractivity contribution in [2.75, 3.05) is 32.1 Å². The number of aromatic nitrogens is 1. The van der Waals surface area contributed by atoms with Gasteiger partial charge < -0.3 is 4.90 Å². The van der Waals surface area contributed by atoms with Gasteiger partial charge in [-0.1, -0.05) is 22.9 Å². The number of nitro benzene ring substituents is 1. The SMILES string of the molecule is Cc1cc(Cl)cc2sc(N(CCCN(C)C)C(=O)c3cc4cc([N+](=O)[O-])ccc4s3)nc12.Cl. The molecule has 0 radical (unpaired) electrons. The number of anilines is 1. The maximum atomic E-state index is 13.6. The molecule has 1 amide bonds. The van der Waals surface area contributed by atoms with Gasteiger partial charge in [-0.2, -0.15) is 0 Å². The van der Waals surface area contributed by atoms with Gasteiger partial charge in [-0.3, -0.25) is 19.8 Å². The zero-order chi connectivity index (χ0) is 23.0. The van der Waals surface area contributed by atoms with Gasteiger partial charge in [-0.05, 0) is 63.8 Å². The Balaban J connectivity index is 0.00000306. The first-order valence-corrected chi connectivity index (χ1v) is 12.0. The molecule has 2 aromatic carbocycles. The summed E-state index contributed by atoms with van der Waals surface area (Å²) in [6, 6.07) is 10.1. The Hall–Kier alpha value is -2.30. The second kappa shape index (κ2) is 10.3. The first kappa shape index (κ1) is 25.3. The molecule has 174 valence electrons. The van der Waals surface area contributed by atoms with Gasteiger partial charge in [0.15, 0.2) is 5.13 Å². The number of nitrogens with zero attached hydrogens (tertiary/aromatic N) is 4. The molecule has 0 spiro atoms. The Kier molecular flexibility index (Phi) is 7.92. The number of rotatable bonds is 7. The average molecular weight is 525 g/mol. The van der Waals surface area contributed by atoms with Crippen LogP contribution in [-0.2, 0) is 0 Å². The molecular weight excluding hydrogens is 503 g/mol. The third-order valence-corrected chi connectivity index (χ3v) is 7.37. The number of thiazole rings is 1. The van der Waals surface area contributed by atoms with Crippen molar-refractivity contribution < 1.29 is 9.72 Å². The van der Waals surface area contributed by atoms with Crippen LogP contribution in [0.1, 0.15) is 21.7 Å². The number of hydrogen-bond acceptors (Lipinski definition) is 7. The lowest BCUT2D eigenvalue weighted by molar-refractivity contribution is -0.384. The molecule has 0 fully saturated rings. The number of thiophene rings is 1. The van der Waals surface area contributed by atoms with Crippen LogP contribution in [0.4, 0.5) is 10.8 Å². The van der Waals surface area contributed by atoms with Crippen molar-refractivity contribution in [3.8, 4) is 0 Å². The average Bonchev–Trinajstić information content (AvgIpc) is 3.34. The van der Waals surface area contributed by atoms with Crippen LogP contribution in [0, 0.1) is 17.0 Å². The smallest absolute Gasteiger partial charge is 0.270 e. The van der Waals surface area contributed by atoms with Gasteiger partial charge in [0.1, 0.15) is 0 Å². The molecule has 0 atom stereocenters. The molecule has 0 N–H and O–H groups in total. The van der Waals surface area contributed by atoms with E-state index in [2.05, 4.69) is 4.90 Å². The van der Waals surface area contributed by atoms with Crippen LogP contribution in [0.2, 0.25) is 5.02 Å². The molecule has 0 bridgehead atoms. The minimum atomic E-state index is -0.430. The highest BCUT2D eigenvalue weighted by Gasteiger charge is 2.24. The third kappa shape index (κ3) is 5.44. The van der Waals surface area contributed by atoms with Crippen molar-refractivity contribution in [2.45, 2.75) is 13.3 Å². The summed E-state index contributed by atoms with van der Waals surface area (Å²) in [6.07, 6.45) is 0.783. The van der Waals surface area contributed by atoms with E-state index in [1.807, 2.05) is 33.2 Å². The van der Waals surface area contributed by atoms with Crippen LogP contribution in [0.5, 0.6) is 0 Å². The zero-order valence-corrected chi connectivity index (χ0v) is 21.4. The van der Waals surface area contributed by atoms with Gasteiger partial charge in [-0.15, -0.1) is 23.7 Å². The Morgan fingerprint density at radius 1 is 1.12 bits per heavy atom. The van der Waals surface area contributed by atoms with Crippen molar-refractivity contribution in [2.24, 2.45) is 0 Å². The first-order chi connectivity index (χ1) is 15.2. The summed E-state index contributed by atoms with van der Waals surface area (Å²) in [6.45, 7) is 3.30. The fraction of sp³-hybridized carbons (Fsp3) is 0.273. The number of amides is 1. The molecule has 4 rings (SSSR count). The molecule has 0 saturated heterocycles. The maximum absolute atomic E-state index is 13.6. The number of aryl methyl sites for hydroxylation is 1. The van der Waals surface area contributed by atoms with Gasteiger partial charge in [-0.25, -0.2) is 4.98 Å². The van der Waals surface area contributed by atoms with Crippen molar-refractivity contribution in [1.29, 1.82) is 0 Å². The van der Waals surface area contributed by atoms with E-state index in [9.17, 15) is 14.9 Å². The Morgan fingerprint density at radius 3 is 2.58 bits per heavy atom. The van der Waals surface area contributed by atoms with Gasteiger partial charge in [0.05, 0.1) is 20.0 Å². The van der Waals surface area contributed by atoms with E-state index in [1.165, 1.54) is 34.8 Å². The Morgan fingerprint density at radius 2 is 1.88 bits per heavy atom. The molecular formula is C22H22Cl2N4O3S2. The molecule has 11 heteroatoms. The standard InChI is InChI=1S/C22H21ClN4O3S2.ClH/c1-13-9-15(23)12-18-20(13)24-22(32-18)26(8-4-7-25(2)3)21(28)19-11-14-10-16(27(29)30)5-6-17(14)31-19;/h5-6,9-12H,4,7-8H2,1-3H3;1H. The highest BCUT2D eigenvalue weighted by molar-refractivity contribution is 7.23. The van der Waals surface area contributed by atoms with Crippen molar-refractivity contribution in [1.82, 2.24) is 9.88 Å². The largest absolute Gasteiger partial charge is 0.309 e. The number of nitro groups is 1. The second-order valence-corrected chi connectivity index (χ2v) is 10.3. The minimum Gasteiger partial charge on any atom is -0.309 e. The predicted octanol–water partition coefficient (Wildman–Crippen LogP) is 6.40. The van der Waals surface area contributed by atoms with E-state index >= 15 is 0 Å². The Bertz CT molecular complexity index is 1340. The molecule has 0 unspecified atom stereocenters. The lowest BCUT2D eigenvalue weighted by Crippen LogP contribution is -2.32. The van der Waals surface area contributed by atoms with Gasteiger partial charge in [0.2, 0.25) is 0 Å². The van der Waals surface area contributed by atoms with Gasteiger partial charge in [0, 0.05) is 33.8 Å². The lowest BCUT2D eigenvalue weighted by Gasteiger charge is -2.20. The number of carbonyl (C=O) groups is 1. The fourth-order valence-corrected chi connectivity index (χ4v) is 5.91. The second-order valence-electron chi connectivity index (χ2n) is 7.77. The quantitative estimate of drug-likeness (QED) is 0.206. The minimum absolute atomic E-state index is 0. The third-order valence-electron chi connectivity index (χ3n) is 5.02. The number of benzene rings is 2. The van der Waals surface area contributed by atoms with E-state index in [4.69, 9.17) is 16.6 Å². The summed E-state index contributed by atoms with van der Waals surface area (Å²) in [4.78, 5) is 33.3. The number of halogens is 2. The highest BCUT2D eigenvalue weighted by atomic mass is 35.5. The molecule has 0 aliphatic heterocycles. The van der Waals surface area contributed by atoms with E-state index in [1.54, 1.807) is 17.0 Å². The topological polar surface area (TPSA) is 79.6 Å². The highest BCUT2D eigenvalue weighted by Crippen LogP contribution is 2.35. The molecule has 2 aromatic heterocycles. The van der Waals surface area contributed by atoms with Crippen LogP contribution in [0.25, 0.3) is 20.3 Å². The van der Waals surface area contributed by atoms with Crippen LogP contribution in [0.3, 0.4) is 0 Å². The van der Waals surface area contributed by atoms with E-state index in [0.29, 0.717) is 27.0 Å². The van der Waals surface area contributed by atoms with Crippen molar-refractivity contribution >= 4 is 83.7 Å². The molecule has 33 heavy (non-hydrogen) atoms. The number of non-ortho nitro benzene ring substituents is 1. The van der Waals surface area contributed by atoms with E-state index in [-0.39, 0.29) is 24.0 Å². The summed E-state index contributed by atoms with van der Waals surface area (Å²) in [5, 5.41) is 13.1. The zero-order valence-electron chi connectivity index (χ0n) is 18.2.